The molecule has 1 amide bonds. The van der Waals surface area contributed by atoms with E-state index >= 15 is 0 Å². The van der Waals surface area contributed by atoms with E-state index in [0.29, 0.717) is 13.1 Å². The molecule has 0 spiro atoms. The molecule has 0 saturated carbocycles. The number of carbonyl (C=O) groups is 1. The lowest BCUT2D eigenvalue weighted by molar-refractivity contribution is -0.127. The Labute approximate surface area is 116 Å². The van der Waals surface area contributed by atoms with E-state index in [9.17, 15) is 4.79 Å². The summed E-state index contributed by atoms with van der Waals surface area (Å²) in [5.41, 5.74) is 1.08. The molecule has 0 aliphatic rings. The van der Waals surface area contributed by atoms with E-state index in [4.69, 9.17) is 0 Å². The number of nitrogens with one attached hydrogen (secondary N) is 1. The summed E-state index contributed by atoms with van der Waals surface area (Å²) >= 11 is 1.59. The first-order valence-corrected chi connectivity index (χ1v) is 6.93. The molecule has 0 radical (unpaired) electrons. The Balaban J connectivity index is 2.30. The van der Waals surface area contributed by atoms with E-state index < -0.39 is 0 Å². The van der Waals surface area contributed by atoms with Gasteiger partial charge in [0.2, 0.25) is 5.91 Å². The number of rotatable bonds is 5. The molecule has 1 N–H and O–H groups in total. The lowest BCUT2D eigenvalue weighted by Gasteiger charge is -2.20. The van der Waals surface area contributed by atoms with Crippen LogP contribution in [-0.2, 0) is 11.3 Å². The number of carbonyl (C=O) groups excluding carboxylic acids is 1. The van der Waals surface area contributed by atoms with E-state index in [1.54, 1.807) is 30.3 Å². The van der Waals surface area contributed by atoms with Gasteiger partial charge in [-0.15, -0.1) is 11.3 Å². The number of nitrogens with zero attached hydrogens (tertiary/aromatic N) is 4. The van der Waals surface area contributed by atoms with Gasteiger partial charge in [0.1, 0.15) is 0 Å². The van der Waals surface area contributed by atoms with Gasteiger partial charge >= 0.3 is 0 Å². The zero-order valence-electron chi connectivity index (χ0n) is 11.7. The minimum absolute atomic E-state index is 0.0641. The van der Waals surface area contributed by atoms with Gasteiger partial charge in [-0.3, -0.25) is 9.20 Å². The average Bonchev–Trinajstić information content (AvgIpc) is 2.91. The SMILES string of the molecule is CNCc1c(N(C)CC(=O)N(C)C)nc2sccn12. The van der Waals surface area contributed by atoms with Crippen LogP contribution in [-0.4, -0.2) is 54.9 Å². The molecule has 7 heteroatoms. The van der Waals surface area contributed by atoms with Crippen molar-refractivity contribution in [2.45, 2.75) is 6.54 Å². The Morgan fingerprint density at radius 2 is 2.21 bits per heavy atom. The second-order valence-corrected chi connectivity index (χ2v) is 5.49. The van der Waals surface area contributed by atoms with Crippen LogP contribution in [0.5, 0.6) is 0 Å². The highest BCUT2D eigenvalue weighted by Crippen LogP contribution is 2.23. The lowest BCUT2D eigenvalue weighted by atomic mass is 10.3. The summed E-state index contributed by atoms with van der Waals surface area (Å²) in [7, 11) is 7.32. The van der Waals surface area contributed by atoms with E-state index in [0.717, 1.165) is 16.5 Å². The molecule has 0 atom stereocenters. The van der Waals surface area contributed by atoms with Crippen molar-refractivity contribution in [3.05, 3.63) is 17.3 Å². The van der Waals surface area contributed by atoms with E-state index in [1.807, 2.05) is 30.6 Å². The summed E-state index contributed by atoms with van der Waals surface area (Å²) in [6.45, 7) is 1.04. The number of anilines is 1. The van der Waals surface area contributed by atoms with Gasteiger partial charge in [-0.2, -0.15) is 0 Å². The second-order valence-electron chi connectivity index (χ2n) is 4.61. The van der Waals surface area contributed by atoms with Gasteiger partial charge in [0, 0.05) is 39.3 Å². The molecule has 0 aliphatic heterocycles. The minimum atomic E-state index is 0.0641. The molecule has 0 fully saturated rings. The molecule has 0 aliphatic carbocycles. The zero-order chi connectivity index (χ0) is 14.0. The number of amides is 1. The van der Waals surface area contributed by atoms with Crippen molar-refractivity contribution in [2.24, 2.45) is 0 Å². The van der Waals surface area contributed by atoms with Crippen LogP contribution in [0.3, 0.4) is 0 Å². The highest BCUT2D eigenvalue weighted by Gasteiger charge is 2.18. The second kappa shape index (κ2) is 5.58. The standard InChI is InChI=1S/C12H19N5OS/c1-13-7-9-11(14-12-17(9)5-6-19-12)16(4)8-10(18)15(2)3/h5-6,13H,7-8H2,1-4H3. The van der Waals surface area contributed by atoms with Gasteiger partial charge in [-0.25, -0.2) is 4.98 Å². The number of imidazole rings is 1. The van der Waals surface area contributed by atoms with Crippen molar-refractivity contribution in [1.29, 1.82) is 0 Å². The number of fused-ring (bicyclic) bond motifs is 1. The number of thiazole rings is 1. The maximum absolute atomic E-state index is 11.8. The Kier molecular flexibility index (Phi) is 4.06. The fourth-order valence-electron chi connectivity index (χ4n) is 1.88. The molecular weight excluding hydrogens is 262 g/mol. The molecule has 2 aromatic rings. The molecule has 6 nitrogen and oxygen atoms in total. The smallest absolute Gasteiger partial charge is 0.241 e. The maximum Gasteiger partial charge on any atom is 0.241 e. The molecule has 0 bridgehead atoms. The predicted octanol–water partition coefficient (Wildman–Crippen LogP) is 0.640. The van der Waals surface area contributed by atoms with Gasteiger partial charge in [0.15, 0.2) is 10.8 Å². The number of hydrogen-bond acceptors (Lipinski definition) is 5. The van der Waals surface area contributed by atoms with E-state index in [1.165, 1.54) is 0 Å². The first-order valence-electron chi connectivity index (χ1n) is 6.05. The van der Waals surface area contributed by atoms with E-state index in [2.05, 4.69) is 14.7 Å². The summed E-state index contributed by atoms with van der Waals surface area (Å²) in [6.07, 6.45) is 2.00. The highest BCUT2D eigenvalue weighted by molar-refractivity contribution is 7.15. The monoisotopic (exact) mass is 281 g/mol. The van der Waals surface area contributed by atoms with Crippen LogP contribution in [0.1, 0.15) is 5.69 Å². The summed E-state index contributed by atoms with van der Waals surface area (Å²) in [6, 6.07) is 0. The largest absolute Gasteiger partial charge is 0.349 e. The van der Waals surface area contributed by atoms with Crippen LogP contribution in [0, 0.1) is 0 Å². The first-order chi connectivity index (χ1) is 9.04. The van der Waals surface area contributed by atoms with Crippen molar-refractivity contribution in [3.8, 4) is 0 Å². The Bertz CT molecular complexity index is 574. The number of likely N-dealkylation sites (N-methyl/N-ethyl adjacent to an activating group) is 2. The lowest BCUT2D eigenvalue weighted by Crippen LogP contribution is -2.35. The average molecular weight is 281 g/mol. The van der Waals surface area contributed by atoms with Crippen LogP contribution in [0.4, 0.5) is 5.82 Å². The normalized spacial score (nSPS) is 10.9. The van der Waals surface area contributed by atoms with Crippen molar-refractivity contribution < 1.29 is 4.79 Å². The molecule has 19 heavy (non-hydrogen) atoms. The Hall–Kier alpha value is -1.60. The Morgan fingerprint density at radius 1 is 1.47 bits per heavy atom. The van der Waals surface area contributed by atoms with Crippen molar-refractivity contribution in [1.82, 2.24) is 19.6 Å². The fraction of sp³-hybridized carbons (Fsp3) is 0.500. The summed E-state index contributed by atoms with van der Waals surface area (Å²) < 4.78 is 2.06. The summed E-state index contributed by atoms with van der Waals surface area (Å²) in [4.78, 5) is 20.8. The summed E-state index contributed by atoms with van der Waals surface area (Å²) in [5, 5.41) is 5.16. The topological polar surface area (TPSA) is 52.9 Å². The third-order valence-corrected chi connectivity index (χ3v) is 3.67. The van der Waals surface area contributed by atoms with Crippen molar-refractivity contribution >= 4 is 28.0 Å². The molecule has 2 heterocycles. The number of aromatic nitrogens is 2. The molecule has 2 aromatic heterocycles. The fourth-order valence-corrected chi connectivity index (χ4v) is 2.61. The minimum Gasteiger partial charge on any atom is -0.349 e. The summed E-state index contributed by atoms with van der Waals surface area (Å²) in [5.74, 6) is 0.922. The third-order valence-electron chi connectivity index (χ3n) is 2.92. The molecule has 104 valence electrons. The highest BCUT2D eigenvalue weighted by atomic mass is 32.1. The van der Waals surface area contributed by atoms with Crippen LogP contribution < -0.4 is 10.2 Å². The van der Waals surface area contributed by atoms with Crippen LogP contribution in [0.2, 0.25) is 0 Å². The van der Waals surface area contributed by atoms with Crippen LogP contribution in [0.25, 0.3) is 4.96 Å². The maximum atomic E-state index is 11.8. The van der Waals surface area contributed by atoms with Gasteiger partial charge < -0.3 is 15.1 Å². The van der Waals surface area contributed by atoms with Crippen molar-refractivity contribution in [3.63, 3.8) is 0 Å². The van der Waals surface area contributed by atoms with Crippen LogP contribution >= 0.6 is 11.3 Å². The van der Waals surface area contributed by atoms with Crippen LogP contribution in [0.15, 0.2) is 11.6 Å². The van der Waals surface area contributed by atoms with Gasteiger partial charge in [-0.05, 0) is 7.05 Å². The number of hydrogen-bond donors (Lipinski definition) is 1. The molecular formula is C12H19N5OS. The molecule has 0 saturated heterocycles. The van der Waals surface area contributed by atoms with E-state index in [-0.39, 0.29) is 5.91 Å². The first kappa shape index (κ1) is 13.8. The van der Waals surface area contributed by atoms with Gasteiger partial charge in [-0.1, -0.05) is 0 Å². The van der Waals surface area contributed by atoms with Crippen molar-refractivity contribution in [2.75, 3.05) is 39.6 Å². The molecule has 0 aromatic carbocycles. The third kappa shape index (κ3) is 2.71. The van der Waals surface area contributed by atoms with Gasteiger partial charge in [0.05, 0.1) is 12.2 Å². The zero-order valence-corrected chi connectivity index (χ0v) is 12.5. The Morgan fingerprint density at radius 3 is 2.84 bits per heavy atom. The predicted molar refractivity (Wildman–Crippen MR) is 77.8 cm³/mol. The quantitative estimate of drug-likeness (QED) is 0.874. The van der Waals surface area contributed by atoms with Gasteiger partial charge in [0.25, 0.3) is 0 Å². The molecule has 0 unspecified atom stereocenters. The molecule has 2 rings (SSSR count).